The number of allylic oxidation sites excluding steroid dienone is 2. The summed E-state index contributed by atoms with van der Waals surface area (Å²) in [7, 11) is 0. The Morgan fingerprint density at radius 2 is 0.861 bits per heavy atom. The van der Waals surface area contributed by atoms with Gasteiger partial charge < -0.3 is 0 Å². The molecule has 0 aliphatic heterocycles. The van der Waals surface area contributed by atoms with Crippen molar-refractivity contribution in [3.05, 3.63) is 12.2 Å². The average Bonchev–Trinajstić information content (AvgIpc) is 3.27. The maximum absolute atomic E-state index is 13.1. The molecule has 0 heterocycles. The van der Waals surface area contributed by atoms with E-state index in [1.807, 2.05) is 0 Å². The molecule has 1 rings (SSSR count). The van der Waals surface area contributed by atoms with Crippen LogP contribution < -0.4 is 0 Å². The van der Waals surface area contributed by atoms with Crippen molar-refractivity contribution in [2.24, 2.45) is 5.41 Å². The molecule has 0 saturated carbocycles. The van der Waals surface area contributed by atoms with Gasteiger partial charge in [-0.1, -0.05) is 154 Å². The second kappa shape index (κ2) is 21.8. The van der Waals surface area contributed by atoms with Gasteiger partial charge in [0, 0.05) is 19.3 Å². The van der Waals surface area contributed by atoms with Gasteiger partial charge in [-0.3, -0.25) is 14.4 Å². The molecule has 0 spiro atoms. The number of carbonyl (C=O) groups is 3. The number of rotatable bonds is 26. The van der Waals surface area contributed by atoms with Crippen LogP contribution in [0.15, 0.2) is 12.2 Å². The molecule has 0 fully saturated rings. The van der Waals surface area contributed by atoms with Gasteiger partial charge in [0.05, 0.1) is 0 Å². The van der Waals surface area contributed by atoms with E-state index >= 15 is 0 Å². The molecule has 208 valence electrons. The summed E-state index contributed by atoms with van der Waals surface area (Å²) >= 11 is 0. The fourth-order valence-corrected chi connectivity index (χ4v) is 5.54. The van der Waals surface area contributed by atoms with Gasteiger partial charge in [-0.25, -0.2) is 0 Å². The number of carbonyl (C=O) groups excluding carboxylic acids is 3. The Bertz CT molecular complexity index is 580. The predicted octanol–water partition coefficient (Wildman–Crippen LogP) is 10.0. The first-order valence-electron chi connectivity index (χ1n) is 15.9. The molecule has 0 radical (unpaired) electrons. The quantitative estimate of drug-likeness (QED) is 0.0671. The Labute approximate surface area is 223 Å². The van der Waals surface area contributed by atoms with Crippen molar-refractivity contribution < 1.29 is 14.4 Å². The lowest BCUT2D eigenvalue weighted by Crippen LogP contribution is -2.42. The van der Waals surface area contributed by atoms with Gasteiger partial charge >= 0.3 is 0 Å². The maximum atomic E-state index is 13.1. The third-order valence-corrected chi connectivity index (χ3v) is 8.01. The Morgan fingerprint density at radius 3 is 1.14 bits per heavy atom. The fourth-order valence-electron chi connectivity index (χ4n) is 5.54. The monoisotopic (exact) mass is 502 g/mol. The second-order valence-electron chi connectivity index (χ2n) is 11.3. The number of hydrogen-bond acceptors (Lipinski definition) is 3. The van der Waals surface area contributed by atoms with Gasteiger partial charge in [-0.15, -0.1) is 0 Å². The molecule has 0 aromatic rings. The summed E-state index contributed by atoms with van der Waals surface area (Å²) in [5.41, 5.74) is -1.45. The van der Waals surface area contributed by atoms with Crippen molar-refractivity contribution in [1.29, 1.82) is 0 Å². The number of hydrogen-bond donors (Lipinski definition) is 0. The van der Waals surface area contributed by atoms with Crippen molar-refractivity contribution in [1.82, 2.24) is 0 Å². The topological polar surface area (TPSA) is 51.2 Å². The van der Waals surface area contributed by atoms with E-state index in [1.54, 1.807) is 12.2 Å². The highest BCUT2D eigenvalue weighted by molar-refractivity contribution is 6.27. The smallest absolute Gasteiger partial charge is 0.164 e. The van der Waals surface area contributed by atoms with Crippen molar-refractivity contribution >= 4 is 17.3 Å². The van der Waals surface area contributed by atoms with E-state index in [-0.39, 0.29) is 23.8 Å². The van der Waals surface area contributed by atoms with Crippen LogP contribution in [0.5, 0.6) is 0 Å². The lowest BCUT2D eigenvalue weighted by atomic mass is 9.74. The number of Topliss-reactive ketones (excluding diaryl/α,β-unsaturated/α-hetero) is 3. The maximum Gasteiger partial charge on any atom is 0.164 e. The third-order valence-electron chi connectivity index (χ3n) is 8.01. The third kappa shape index (κ3) is 13.3. The zero-order chi connectivity index (χ0) is 26.3. The highest BCUT2D eigenvalue weighted by Crippen LogP contribution is 2.34. The summed E-state index contributed by atoms with van der Waals surface area (Å²) < 4.78 is 0. The van der Waals surface area contributed by atoms with Gasteiger partial charge in [0.2, 0.25) is 0 Å². The summed E-state index contributed by atoms with van der Waals surface area (Å²) in [6.07, 6.45) is 31.3. The standard InChI is InChI=1S/C33H58O3/c1-3-5-7-9-11-13-15-17-19-21-23-26-30(34)33(29-25-28-32(33)36)31(35)27-24-22-20-18-16-14-12-10-8-6-4-2/h25,29H,3-24,26-28H2,1-2H3. The van der Waals surface area contributed by atoms with Crippen molar-refractivity contribution in [3.63, 3.8) is 0 Å². The minimum absolute atomic E-state index is 0.148. The van der Waals surface area contributed by atoms with Crippen molar-refractivity contribution in [2.75, 3.05) is 0 Å². The minimum atomic E-state index is -1.45. The van der Waals surface area contributed by atoms with E-state index < -0.39 is 5.41 Å². The second-order valence-corrected chi connectivity index (χ2v) is 11.3. The largest absolute Gasteiger partial charge is 0.298 e. The van der Waals surface area contributed by atoms with E-state index in [9.17, 15) is 14.4 Å². The summed E-state index contributed by atoms with van der Waals surface area (Å²) in [6.45, 7) is 4.50. The Morgan fingerprint density at radius 1 is 0.556 bits per heavy atom. The number of ketones is 3. The van der Waals surface area contributed by atoms with Gasteiger partial charge in [0.15, 0.2) is 22.8 Å². The van der Waals surface area contributed by atoms with E-state index in [0.717, 1.165) is 38.5 Å². The average molecular weight is 503 g/mol. The molecule has 0 bridgehead atoms. The van der Waals surface area contributed by atoms with Gasteiger partial charge in [-0.2, -0.15) is 0 Å². The number of unbranched alkanes of at least 4 members (excludes halogenated alkanes) is 20. The summed E-state index contributed by atoms with van der Waals surface area (Å²) in [6, 6.07) is 0. The molecule has 0 aromatic heterocycles. The van der Waals surface area contributed by atoms with Crippen LogP contribution in [-0.4, -0.2) is 17.3 Å². The zero-order valence-corrected chi connectivity index (χ0v) is 24.1. The van der Waals surface area contributed by atoms with Gasteiger partial charge in [-0.05, 0) is 12.8 Å². The molecule has 0 unspecified atom stereocenters. The molecule has 1 aliphatic carbocycles. The molecule has 3 heteroatoms. The minimum Gasteiger partial charge on any atom is -0.298 e. The molecular weight excluding hydrogens is 444 g/mol. The lowest BCUT2D eigenvalue weighted by Gasteiger charge is -2.23. The van der Waals surface area contributed by atoms with Gasteiger partial charge in [0.25, 0.3) is 0 Å². The summed E-state index contributed by atoms with van der Waals surface area (Å²) in [5, 5.41) is 0. The normalized spacial score (nSPS) is 14.6. The Hall–Kier alpha value is -1.25. The fraction of sp³-hybridized carbons (Fsp3) is 0.848. The van der Waals surface area contributed by atoms with Gasteiger partial charge in [0.1, 0.15) is 0 Å². The molecule has 0 atom stereocenters. The highest BCUT2D eigenvalue weighted by atomic mass is 16.2. The highest BCUT2D eigenvalue weighted by Gasteiger charge is 2.49. The van der Waals surface area contributed by atoms with Crippen LogP contribution in [0.1, 0.15) is 174 Å². The van der Waals surface area contributed by atoms with Crippen LogP contribution in [0.25, 0.3) is 0 Å². The first-order valence-corrected chi connectivity index (χ1v) is 15.9. The molecule has 0 aromatic carbocycles. The molecule has 0 amide bonds. The predicted molar refractivity (Wildman–Crippen MR) is 153 cm³/mol. The van der Waals surface area contributed by atoms with E-state index in [4.69, 9.17) is 0 Å². The van der Waals surface area contributed by atoms with E-state index in [0.29, 0.717) is 12.8 Å². The summed E-state index contributed by atoms with van der Waals surface area (Å²) in [4.78, 5) is 38.9. The van der Waals surface area contributed by atoms with Crippen LogP contribution in [0.3, 0.4) is 0 Å². The molecule has 0 saturated heterocycles. The Kier molecular flexibility index (Phi) is 19.8. The summed E-state index contributed by atoms with van der Waals surface area (Å²) in [5.74, 6) is -0.487. The first kappa shape index (κ1) is 32.8. The zero-order valence-electron chi connectivity index (χ0n) is 24.1. The van der Waals surface area contributed by atoms with Crippen molar-refractivity contribution in [2.45, 2.75) is 174 Å². The molecule has 0 N–H and O–H groups in total. The van der Waals surface area contributed by atoms with Crippen LogP contribution in [0.4, 0.5) is 0 Å². The van der Waals surface area contributed by atoms with Crippen molar-refractivity contribution in [3.8, 4) is 0 Å². The molecule has 3 nitrogen and oxygen atoms in total. The van der Waals surface area contributed by atoms with E-state index in [1.165, 1.54) is 103 Å². The first-order chi connectivity index (χ1) is 17.6. The molecular formula is C33H58O3. The Balaban J connectivity index is 2.20. The molecule has 36 heavy (non-hydrogen) atoms. The SMILES string of the molecule is CCCCCCCCCCCCCC(=O)C1(C(=O)CCCCCCCCCCCCC)C=CCC1=O. The van der Waals surface area contributed by atoms with E-state index in [2.05, 4.69) is 13.8 Å². The van der Waals surface area contributed by atoms with Crippen LogP contribution >= 0.6 is 0 Å². The van der Waals surface area contributed by atoms with Crippen LogP contribution in [-0.2, 0) is 14.4 Å². The lowest BCUT2D eigenvalue weighted by molar-refractivity contribution is -0.144. The van der Waals surface area contributed by atoms with Crippen LogP contribution in [0.2, 0.25) is 0 Å². The van der Waals surface area contributed by atoms with Crippen LogP contribution in [0, 0.1) is 5.41 Å². The molecule has 1 aliphatic rings.